The lowest BCUT2D eigenvalue weighted by Gasteiger charge is -2.30. The molecule has 0 spiro atoms. The molecule has 0 bridgehead atoms. The maximum Gasteiger partial charge on any atom is 0.347 e. The largest absolute Gasteiger partial charge is 0.370 e. The van der Waals surface area contributed by atoms with Gasteiger partial charge in [-0.05, 0) is 59.4 Å². The highest BCUT2D eigenvalue weighted by atomic mass is 35.5. The molecule has 4 N–H and O–H groups in total. The van der Waals surface area contributed by atoms with E-state index < -0.39 is 6.03 Å². The van der Waals surface area contributed by atoms with Gasteiger partial charge in [-0.3, -0.25) is 0 Å². The number of hydrogen-bond donors (Lipinski definition) is 2. The van der Waals surface area contributed by atoms with Gasteiger partial charge in [0.05, 0.1) is 11.6 Å². The molecule has 3 rings (SSSR count). The first-order chi connectivity index (χ1) is 12.4. The summed E-state index contributed by atoms with van der Waals surface area (Å²) in [4.78, 5) is 17.4. The van der Waals surface area contributed by atoms with Gasteiger partial charge in [-0.15, -0.1) is 0 Å². The quantitative estimate of drug-likeness (QED) is 0.579. The van der Waals surface area contributed by atoms with E-state index in [0.717, 1.165) is 27.8 Å². The van der Waals surface area contributed by atoms with Gasteiger partial charge in [0.15, 0.2) is 5.96 Å². The van der Waals surface area contributed by atoms with Crippen LogP contribution in [0, 0.1) is 18.3 Å². The summed E-state index contributed by atoms with van der Waals surface area (Å²) in [5.74, 6) is -0.255. The molecule has 0 aliphatic carbocycles. The number of urea groups is 1. The van der Waals surface area contributed by atoms with E-state index in [1.165, 1.54) is 0 Å². The van der Waals surface area contributed by atoms with Crippen molar-refractivity contribution in [3.8, 4) is 17.2 Å². The number of hydrogen-bond acceptors (Lipinski definition) is 2. The third-order valence-corrected chi connectivity index (χ3v) is 4.85. The Morgan fingerprint density at radius 1 is 1.22 bits per heavy atom. The summed E-state index contributed by atoms with van der Waals surface area (Å²) in [5, 5.41) is 9.76. The molecule has 0 saturated heterocycles. The average Bonchev–Trinajstić information content (AvgIpc) is 2.61. The zero-order valence-electron chi connectivity index (χ0n) is 14.3. The van der Waals surface area contributed by atoms with Crippen LogP contribution in [0.2, 0.25) is 5.02 Å². The topological polar surface area (TPSA) is 108 Å². The molecule has 1 heterocycles. The van der Waals surface area contributed by atoms with Crippen molar-refractivity contribution in [2.45, 2.75) is 27.3 Å². The third kappa shape index (κ3) is 4.04. The van der Waals surface area contributed by atoms with Crippen molar-refractivity contribution in [1.82, 2.24) is 4.90 Å². The maximum atomic E-state index is 12.2. The molecule has 7 heteroatoms. The number of amides is 2. The van der Waals surface area contributed by atoms with E-state index in [1.807, 2.05) is 31.2 Å². The van der Waals surface area contributed by atoms with Crippen LogP contribution in [0.5, 0.6) is 0 Å². The number of rotatable bonds is 1. The molecule has 2 amide bonds. The standard InChI is InChI=1S/C19H18ClN5O.CH4/c1-11-8-12(9-21)2-3-13(11)14-4-5-17(20)15-6-7-25(10-16(14)15)19(26)24-18(22)23;/h2-5,8H,6-7,10H2,1H3,(H4,22,23,24,26);1H4. The number of guanidine groups is 1. The number of fused-ring (bicyclic) bond motifs is 1. The molecule has 6 nitrogen and oxygen atoms in total. The molecule has 0 atom stereocenters. The first kappa shape index (κ1) is 20.3. The highest BCUT2D eigenvalue weighted by molar-refractivity contribution is 6.31. The number of aryl methyl sites for hydroxylation is 1. The molecule has 140 valence electrons. The lowest BCUT2D eigenvalue weighted by molar-refractivity contribution is 0.203. The lowest BCUT2D eigenvalue weighted by atomic mass is 9.89. The zero-order chi connectivity index (χ0) is 18.8. The first-order valence-corrected chi connectivity index (χ1v) is 8.48. The van der Waals surface area contributed by atoms with Gasteiger partial charge in [0.1, 0.15) is 0 Å². The highest BCUT2D eigenvalue weighted by Gasteiger charge is 2.25. The highest BCUT2D eigenvalue weighted by Crippen LogP contribution is 2.36. The van der Waals surface area contributed by atoms with E-state index in [9.17, 15) is 4.79 Å². The number of nitriles is 1. The van der Waals surface area contributed by atoms with Crippen LogP contribution < -0.4 is 11.5 Å². The van der Waals surface area contributed by atoms with Gasteiger partial charge in [0, 0.05) is 18.1 Å². The van der Waals surface area contributed by atoms with Gasteiger partial charge in [0.25, 0.3) is 0 Å². The third-order valence-electron chi connectivity index (χ3n) is 4.50. The molecule has 1 aliphatic rings. The second-order valence-electron chi connectivity index (χ2n) is 6.18. The van der Waals surface area contributed by atoms with Crippen molar-refractivity contribution in [2.75, 3.05) is 6.54 Å². The smallest absolute Gasteiger partial charge is 0.347 e. The Morgan fingerprint density at radius 2 is 1.93 bits per heavy atom. The van der Waals surface area contributed by atoms with Crippen LogP contribution in [-0.2, 0) is 13.0 Å². The Kier molecular flexibility index (Phi) is 6.09. The number of nitrogens with two attached hydrogens (primary N) is 2. The van der Waals surface area contributed by atoms with Crippen LogP contribution in [0.3, 0.4) is 0 Å². The number of nitrogens with zero attached hydrogens (tertiary/aromatic N) is 3. The van der Waals surface area contributed by atoms with E-state index in [4.69, 9.17) is 28.3 Å². The molecule has 0 fully saturated rings. The predicted molar refractivity (Wildman–Crippen MR) is 108 cm³/mol. The van der Waals surface area contributed by atoms with Gasteiger partial charge >= 0.3 is 6.03 Å². The number of halogens is 1. The van der Waals surface area contributed by atoms with Crippen LogP contribution >= 0.6 is 11.6 Å². The summed E-state index contributed by atoms with van der Waals surface area (Å²) >= 11 is 6.39. The van der Waals surface area contributed by atoms with Gasteiger partial charge in [0.2, 0.25) is 0 Å². The van der Waals surface area contributed by atoms with E-state index in [1.54, 1.807) is 11.0 Å². The average molecular weight is 384 g/mol. The molecule has 0 aromatic heterocycles. The summed E-state index contributed by atoms with van der Waals surface area (Å²) in [6, 6.07) is 11.1. The fourth-order valence-corrected chi connectivity index (χ4v) is 3.54. The van der Waals surface area contributed by atoms with Crippen molar-refractivity contribution in [3.63, 3.8) is 0 Å². The summed E-state index contributed by atoms with van der Waals surface area (Å²) in [6.07, 6.45) is 0.628. The molecule has 0 unspecified atom stereocenters. The molecule has 27 heavy (non-hydrogen) atoms. The van der Waals surface area contributed by atoms with Crippen LogP contribution in [0.1, 0.15) is 29.7 Å². The fraction of sp³-hybridized carbons (Fsp3) is 0.250. The fourth-order valence-electron chi connectivity index (χ4n) is 3.26. The number of benzene rings is 2. The van der Waals surface area contributed by atoms with Crippen molar-refractivity contribution in [1.29, 1.82) is 5.26 Å². The summed E-state index contributed by atoms with van der Waals surface area (Å²) in [6.45, 7) is 2.83. The van der Waals surface area contributed by atoms with Crippen molar-refractivity contribution in [2.24, 2.45) is 16.5 Å². The zero-order valence-corrected chi connectivity index (χ0v) is 15.0. The second kappa shape index (κ2) is 8.11. The molecular weight excluding hydrogens is 362 g/mol. The van der Waals surface area contributed by atoms with Crippen LogP contribution in [-0.4, -0.2) is 23.4 Å². The SMILES string of the molecule is C.Cc1cc(C#N)ccc1-c1ccc(Cl)c2c1CN(C(=O)N=C(N)N)CC2. The van der Waals surface area contributed by atoms with E-state index >= 15 is 0 Å². The molecule has 1 aliphatic heterocycles. The second-order valence-corrected chi connectivity index (χ2v) is 6.59. The van der Waals surface area contributed by atoms with Gasteiger partial charge < -0.3 is 16.4 Å². The summed E-state index contributed by atoms with van der Waals surface area (Å²) < 4.78 is 0. The minimum atomic E-state index is -0.460. The predicted octanol–water partition coefficient (Wildman–Crippen LogP) is 3.57. The molecule has 2 aromatic rings. The number of carbonyl (C=O) groups excluding carboxylic acids is 1. The maximum absolute atomic E-state index is 12.2. The number of aliphatic imine (C=N–C) groups is 1. The molecular formula is C20H22ClN5O. The van der Waals surface area contributed by atoms with Crippen LogP contribution in [0.15, 0.2) is 35.3 Å². The van der Waals surface area contributed by atoms with Crippen LogP contribution in [0.4, 0.5) is 4.79 Å². The van der Waals surface area contributed by atoms with Gasteiger partial charge in [-0.1, -0.05) is 31.2 Å². The van der Waals surface area contributed by atoms with Gasteiger partial charge in [-0.25, -0.2) is 4.79 Å². The molecule has 0 saturated carbocycles. The monoisotopic (exact) mass is 383 g/mol. The first-order valence-electron chi connectivity index (χ1n) is 8.10. The Morgan fingerprint density at radius 3 is 2.56 bits per heavy atom. The molecule has 2 aromatic carbocycles. The van der Waals surface area contributed by atoms with E-state index in [2.05, 4.69) is 11.1 Å². The Balaban J connectivity index is 0.00000261. The lowest BCUT2D eigenvalue weighted by Crippen LogP contribution is -2.36. The van der Waals surface area contributed by atoms with E-state index in [-0.39, 0.29) is 13.4 Å². The normalized spacial score (nSPS) is 12.4. The minimum absolute atomic E-state index is 0. The Hall–Kier alpha value is -3.04. The minimum Gasteiger partial charge on any atom is -0.370 e. The Labute approximate surface area is 164 Å². The summed E-state index contributed by atoms with van der Waals surface area (Å²) in [5.41, 5.74) is 16.2. The summed E-state index contributed by atoms with van der Waals surface area (Å²) in [7, 11) is 0. The van der Waals surface area contributed by atoms with Gasteiger partial charge in [-0.2, -0.15) is 10.3 Å². The van der Waals surface area contributed by atoms with Crippen molar-refractivity contribution < 1.29 is 4.79 Å². The van der Waals surface area contributed by atoms with E-state index in [0.29, 0.717) is 30.1 Å². The Bertz CT molecular complexity index is 958. The van der Waals surface area contributed by atoms with Crippen molar-refractivity contribution >= 4 is 23.6 Å². The van der Waals surface area contributed by atoms with Crippen molar-refractivity contribution in [3.05, 3.63) is 57.6 Å². The number of carbonyl (C=O) groups is 1. The van der Waals surface area contributed by atoms with Crippen LogP contribution in [0.25, 0.3) is 11.1 Å². The molecule has 0 radical (unpaired) electrons.